The topological polar surface area (TPSA) is 132 Å². The highest BCUT2D eigenvalue weighted by Gasteiger charge is 2.38. The zero-order chi connectivity index (χ0) is 18.6. The van der Waals surface area contributed by atoms with Gasteiger partial charge in [-0.15, -0.1) is 0 Å². The smallest absolute Gasteiger partial charge is 0.354 e. The summed E-state index contributed by atoms with van der Waals surface area (Å²) in [6.45, 7) is 5.05. The van der Waals surface area contributed by atoms with Crippen molar-refractivity contribution in [3.8, 4) is 6.01 Å². The first-order valence-corrected chi connectivity index (χ1v) is 7.65. The summed E-state index contributed by atoms with van der Waals surface area (Å²) in [5.41, 5.74) is -2.15. The molecule has 25 heavy (non-hydrogen) atoms. The largest absolute Gasteiger partial charge is 0.468 e. The Kier molecular flexibility index (Phi) is 5.30. The molecule has 10 heteroatoms. The number of aromatic amines is 1. The number of fused-ring (bicyclic) bond motifs is 1. The van der Waals surface area contributed by atoms with Crippen LogP contribution in [0.15, 0.2) is 16.6 Å². The van der Waals surface area contributed by atoms with Crippen LogP contribution in [0.25, 0.3) is 0 Å². The number of rotatable bonds is 5. The number of carbonyl (C=O) groups is 2. The first-order chi connectivity index (χ1) is 11.8. The lowest BCUT2D eigenvalue weighted by atomic mass is 10.0. The van der Waals surface area contributed by atoms with E-state index in [9.17, 15) is 14.4 Å². The molecule has 2 heterocycles. The predicted octanol–water partition coefficient (Wildman–Crippen LogP) is 0.385. The highest BCUT2D eigenvalue weighted by Crippen LogP contribution is 2.28. The van der Waals surface area contributed by atoms with Crippen LogP contribution in [0.4, 0.5) is 11.5 Å². The van der Waals surface area contributed by atoms with Crippen LogP contribution in [-0.4, -0.2) is 47.8 Å². The lowest BCUT2D eigenvalue weighted by Crippen LogP contribution is -2.44. The Labute approximate surface area is 143 Å². The van der Waals surface area contributed by atoms with E-state index in [2.05, 4.69) is 20.6 Å². The zero-order valence-corrected chi connectivity index (χ0v) is 14.4. The van der Waals surface area contributed by atoms with Crippen molar-refractivity contribution in [2.75, 3.05) is 31.0 Å². The number of methoxy groups -OCH3 is 1. The predicted molar refractivity (Wildman–Crippen MR) is 88.4 cm³/mol. The summed E-state index contributed by atoms with van der Waals surface area (Å²) in [5, 5.41) is 5.50. The fourth-order valence-corrected chi connectivity index (χ4v) is 2.21. The quantitative estimate of drug-likeness (QED) is 0.644. The van der Waals surface area contributed by atoms with Crippen LogP contribution in [0, 0.1) is 0 Å². The Morgan fingerprint density at radius 3 is 2.52 bits per heavy atom. The Hall–Kier alpha value is -3.04. The molecular formula is C15H20N4O6. The summed E-state index contributed by atoms with van der Waals surface area (Å²) >= 11 is 0. The average molecular weight is 352 g/mol. The van der Waals surface area contributed by atoms with Crippen molar-refractivity contribution in [2.45, 2.75) is 26.3 Å². The van der Waals surface area contributed by atoms with Crippen molar-refractivity contribution in [3.05, 3.63) is 22.1 Å². The van der Waals surface area contributed by atoms with Gasteiger partial charge in [-0.1, -0.05) is 0 Å². The molecule has 1 atom stereocenters. The third-order valence-corrected chi connectivity index (χ3v) is 3.36. The number of nitrogens with zero attached hydrogens (tertiary/aromatic N) is 1. The Morgan fingerprint density at radius 1 is 1.24 bits per heavy atom. The number of carbonyl (C=O) groups excluding carboxylic acids is 2. The lowest BCUT2D eigenvalue weighted by Gasteiger charge is -2.24. The number of hydrogen-bond acceptors (Lipinski definition) is 9. The maximum atomic E-state index is 12.4. The number of aromatic nitrogens is 2. The fourth-order valence-electron chi connectivity index (χ4n) is 2.21. The van der Waals surface area contributed by atoms with Gasteiger partial charge < -0.3 is 24.8 Å². The molecule has 0 aliphatic carbocycles. The van der Waals surface area contributed by atoms with Crippen LogP contribution in [0.1, 0.15) is 20.8 Å². The molecule has 10 nitrogen and oxygen atoms in total. The van der Waals surface area contributed by atoms with Gasteiger partial charge >= 0.3 is 11.9 Å². The summed E-state index contributed by atoms with van der Waals surface area (Å²) in [6, 6.07) is -0.0546. The van der Waals surface area contributed by atoms with Gasteiger partial charge in [0.25, 0.3) is 11.6 Å². The first kappa shape index (κ1) is 18.3. The van der Waals surface area contributed by atoms with Gasteiger partial charge in [0.2, 0.25) is 0 Å². The van der Waals surface area contributed by atoms with Gasteiger partial charge in [0.05, 0.1) is 20.3 Å². The van der Waals surface area contributed by atoms with E-state index in [4.69, 9.17) is 14.2 Å². The standard InChI is InChI=1S/C15H20N4O6/c1-5-24-12(21)8-7-15(3,13(22)25-6-2)19-9-10(16-8)17-14(23-4)18-11(9)20/h7,19H,5-6H2,1-4H3,(H2,16,17,18,20)/t15-/m1/s1. The summed E-state index contributed by atoms with van der Waals surface area (Å²) in [7, 11) is 1.33. The van der Waals surface area contributed by atoms with Crippen molar-refractivity contribution in [2.24, 2.45) is 0 Å². The van der Waals surface area contributed by atoms with Crippen LogP contribution in [-0.2, 0) is 19.1 Å². The van der Waals surface area contributed by atoms with Gasteiger partial charge in [-0.05, 0) is 26.8 Å². The highest BCUT2D eigenvalue weighted by atomic mass is 16.5. The lowest BCUT2D eigenvalue weighted by molar-refractivity contribution is -0.146. The Morgan fingerprint density at radius 2 is 1.92 bits per heavy atom. The van der Waals surface area contributed by atoms with Crippen molar-refractivity contribution in [1.29, 1.82) is 0 Å². The van der Waals surface area contributed by atoms with Gasteiger partial charge in [0.15, 0.2) is 11.4 Å². The van der Waals surface area contributed by atoms with E-state index in [0.717, 1.165) is 0 Å². The van der Waals surface area contributed by atoms with Crippen molar-refractivity contribution in [1.82, 2.24) is 9.97 Å². The molecular weight excluding hydrogens is 332 g/mol. The monoisotopic (exact) mass is 352 g/mol. The number of H-pyrrole nitrogens is 1. The molecule has 0 amide bonds. The molecule has 0 radical (unpaired) electrons. The van der Waals surface area contributed by atoms with E-state index in [1.807, 2.05) is 0 Å². The van der Waals surface area contributed by atoms with Gasteiger partial charge in [0.1, 0.15) is 11.4 Å². The van der Waals surface area contributed by atoms with E-state index in [0.29, 0.717) is 0 Å². The molecule has 0 spiro atoms. The maximum Gasteiger partial charge on any atom is 0.354 e. The second-order valence-corrected chi connectivity index (χ2v) is 5.25. The average Bonchev–Trinajstić information content (AvgIpc) is 2.73. The number of ether oxygens (including phenoxy) is 3. The van der Waals surface area contributed by atoms with Gasteiger partial charge in [-0.25, -0.2) is 9.59 Å². The molecule has 0 unspecified atom stereocenters. The number of hydrogen-bond donors (Lipinski definition) is 3. The summed E-state index contributed by atoms with van der Waals surface area (Å²) in [5.74, 6) is -1.34. The fraction of sp³-hybridized carbons (Fsp3) is 0.467. The molecule has 0 aromatic carbocycles. The van der Waals surface area contributed by atoms with Crippen LogP contribution in [0.2, 0.25) is 0 Å². The van der Waals surface area contributed by atoms with Gasteiger partial charge in [-0.3, -0.25) is 9.78 Å². The molecule has 1 aromatic heterocycles. The summed E-state index contributed by atoms with van der Waals surface area (Å²) in [6.07, 6.45) is 1.30. The molecule has 2 rings (SSSR count). The van der Waals surface area contributed by atoms with Crippen LogP contribution in [0.3, 0.4) is 0 Å². The maximum absolute atomic E-state index is 12.4. The molecule has 1 aliphatic heterocycles. The molecule has 3 N–H and O–H groups in total. The molecule has 0 fully saturated rings. The Balaban J connectivity index is 2.59. The van der Waals surface area contributed by atoms with E-state index in [1.54, 1.807) is 13.8 Å². The zero-order valence-electron chi connectivity index (χ0n) is 14.4. The SMILES string of the molecule is CCOC(=O)C1=C[C@](C)(C(=O)OCC)Nc2c(nc(OC)[nH]c2=O)N1. The minimum absolute atomic E-state index is 0.0212. The number of esters is 2. The molecule has 1 aliphatic rings. The molecule has 0 bridgehead atoms. The molecule has 0 saturated carbocycles. The van der Waals surface area contributed by atoms with Crippen molar-refractivity contribution < 1.29 is 23.8 Å². The van der Waals surface area contributed by atoms with E-state index < -0.39 is 23.0 Å². The normalized spacial score (nSPS) is 18.6. The van der Waals surface area contributed by atoms with Crippen LogP contribution < -0.4 is 20.9 Å². The third kappa shape index (κ3) is 3.73. The first-order valence-electron chi connectivity index (χ1n) is 7.65. The van der Waals surface area contributed by atoms with Gasteiger partial charge in [-0.2, -0.15) is 4.98 Å². The van der Waals surface area contributed by atoms with E-state index in [-0.39, 0.29) is 36.4 Å². The number of nitrogens with one attached hydrogen (secondary N) is 3. The van der Waals surface area contributed by atoms with Crippen molar-refractivity contribution in [3.63, 3.8) is 0 Å². The summed E-state index contributed by atoms with van der Waals surface area (Å²) in [4.78, 5) is 43.3. The number of anilines is 2. The van der Waals surface area contributed by atoms with E-state index >= 15 is 0 Å². The third-order valence-electron chi connectivity index (χ3n) is 3.36. The summed E-state index contributed by atoms with van der Waals surface area (Å²) < 4.78 is 14.9. The van der Waals surface area contributed by atoms with Crippen LogP contribution in [0.5, 0.6) is 6.01 Å². The molecule has 1 aromatic rings. The minimum Gasteiger partial charge on any atom is -0.468 e. The second kappa shape index (κ2) is 7.24. The molecule has 136 valence electrons. The Bertz CT molecular complexity index is 772. The second-order valence-electron chi connectivity index (χ2n) is 5.25. The molecule has 0 saturated heterocycles. The minimum atomic E-state index is -1.49. The van der Waals surface area contributed by atoms with E-state index in [1.165, 1.54) is 20.1 Å². The van der Waals surface area contributed by atoms with Crippen LogP contribution >= 0.6 is 0 Å². The van der Waals surface area contributed by atoms with Crippen molar-refractivity contribution >= 4 is 23.4 Å². The van der Waals surface area contributed by atoms with Gasteiger partial charge in [0, 0.05) is 0 Å². The highest BCUT2D eigenvalue weighted by molar-refractivity contribution is 5.98.